The molecule has 0 spiro atoms. The van der Waals surface area contributed by atoms with Gasteiger partial charge in [-0.3, -0.25) is 4.18 Å². The van der Waals surface area contributed by atoms with Gasteiger partial charge in [0.25, 0.3) is 10.1 Å². The minimum absolute atomic E-state index is 0.0486. The van der Waals surface area contributed by atoms with Crippen LogP contribution in [0.5, 0.6) is 0 Å². The standard InChI is InChI=1S/C20H20O6S/c1-15-7-9-17(10-8-15)27(22,23)25-14-19-18(11-12-20(21)26-19)24-13-16-5-3-2-4-6-16/h2-12,18-19H,13-14H2,1H3/t18-,19-/m1/s1. The number of carbonyl (C=O) groups is 1. The maximum absolute atomic E-state index is 12.3. The molecule has 0 radical (unpaired) electrons. The van der Waals surface area contributed by atoms with Gasteiger partial charge in [0.15, 0.2) is 6.10 Å². The van der Waals surface area contributed by atoms with Crippen LogP contribution >= 0.6 is 0 Å². The third kappa shape index (κ3) is 5.26. The van der Waals surface area contributed by atoms with E-state index in [4.69, 9.17) is 13.7 Å². The van der Waals surface area contributed by atoms with E-state index < -0.39 is 28.3 Å². The van der Waals surface area contributed by atoms with E-state index in [2.05, 4.69) is 0 Å². The van der Waals surface area contributed by atoms with Crippen molar-refractivity contribution in [2.75, 3.05) is 6.61 Å². The van der Waals surface area contributed by atoms with E-state index in [1.165, 1.54) is 18.2 Å². The second-order valence-electron chi connectivity index (χ2n) is 6.15. The van der Waals surface area contributed by atoms with Crippen molar-refractivity contribution < 1.29 is 26.9 Å². The van der Waals surface area contributed by atoms with Gasteiger partial charge in [-0.25, -0.2) is 4.79 Å². The van der Waals surface area contributed by atoms with Crippen LogP contribution in [0.4, 0.5) is 0 Å². The van der Waals surface area contributed by atoms with E-state index in [9.17, 15) is 13.2 Å². The molecule has 0 fully saturated rings. The summed E-state index contributed by atoms with van der Waals surface area (Å²) in [6.07, 6.45) is 1.37. The number of benzene rings is 2. The zero-order valence-electron chi connectivity index (χ0n) is 14.8. The Morgan fingerprint density at radius 1 is 1.04 bits per heavy atom. The summed E-state index contributed by atoms with van der Waals surface area (Å²) in [4.78, 5) is 11.6. The lowest BCUT2D eigenvalue weighted by molar-refractivity contribution is -0.155. The number of aryl methyl sites for hydroxylation is 1. The number of hydrogen-bond donors (Lipinski definition) is 0. The van der Waals surface area contributed by atoms with Gasteiger partial charge in [0.1, 0.15) is 12.7 Å². The van der Waals surface area contributed by atoms with Gasteiger partial charge in [-0.2, -0.15) is 8.42 Å². The minimum Gasteiger partial charge on any atom is -0.454 e. The van der Waals surface area contributed by atoms with Crippen molar-refractivity contribution in [2.24, 2.45) is 0 Å². The molecule has 0 unspecified atom stereocenters. The molecule has 0 N–H and O–H groups in total. The molecule has 6 nitrogen and oxygen atoms in total. The highest BCUT2D eigenvalue weighted by atomic mass is 32.2. The molecular formula is C20H20O6S. The zero-order valence-corrected chi connectivity index (χ0v) is 15.6. The minimum atomic E-state index is -3.96. The molecule has 0 aromatic heterocycles. The fourth-order valence-electron chi connectivity index (χ4n) is 2.54. The normalized spacial score (nSPS) is 19.7. The summed E-state index contributed by atoms with van der Waals surface area (Å²) in [7, 11) is -3.96. The van der Waals surface area contributed by atoms with E-state index in [1.54, 1.807) is 18.2 Å². The van der Waals surface area contributed by atoms with E-state index >= 15 is 0 Å². The Balaban J connectivity index is 1.64. The fourth-order valence-corrected chi connectivity index (χ4v) is 3.46. The average molecular weight is 388 g/mol. The topological polar surface area (TPSA) is 78.9 Å². The van der Waals surface area contributed by atoms with Crippen LogP contribution in [-0.4, -0.2) is 33.2 Å². The maximum Gasteiger partial charge on any atom is 0.330 e. The Morgan fingerprint density at radius 3 is 2.44 bits per heavy atom. The lowest BCUT2D eigenvalue weighted by Gasteiger charge is -2.27. The molecule has 2 aromatic carbocycles. The predicted octanol–water partition coefficient (Wildman–Crippen LogP) is 2.77. The first-order valence-corrected chi connectivity index (χ1v) is 9.85. The van der Waals surface area contributed by atoms with E-state index in [0.29, 0.717) is 6.61 Å². The van der Waals surface area contributed by atoms with E-state index in [-0.39, 0.29) is 11.5 Å². The van der Waals surface area contributed by atoms with Crippen molar-refractivity contribution in [3.8, 4) is 0 Å². The number of ether oxygens (including phenoxy) is 2. The summed E-state index contributed by atoms with van der Waals surface area (Å²) in [5, 5.41) is 0. The Labute approximate surface area is 158 Å². The summed E-state index contributed by atoms with van der Waals surface area (Å²) < 4.78 is 40.7. The van der Waals surface area contributed by atoms with Crippen LogP contribution in [0, 0.1) is 6.92 Å². The first kappa shape index (κ1) is 19.3. The molecule has 0 aliphatic carbocycles. The van der Waals surface area contributed by atoms with Crippen LogP contribution in [0.15, 0.2) is 71.6 Å². The third-order valence-corrected chi connectivity index (χ3v) is 5.33. The average Bonchev–Trinajstić information content (AvgIpc) is 2.67. The molecule has 7 heteroatoms. The second kappa shape index (κ2) is 8.47. The van der Waals surface area contributed by atoms with E-state index in [0.717, 1.165) is 11.1 Å². The van der Waals surface area contributed by atoms with Crippen molar-refractivity contribution in [1.82, 2.24) is 0 Å². The Bertz CT molecular complexity index is 903. The summed E-state index contributed by atoms with van der Waals surface area (Å²) >= 11 is 0. The van der Waals surface area contributed by atoms with Crippen LogP contribution in [0.2, 0.25) is 0 Å². The molecule has 0 saturated heterocycles. The van der Waals surface area contributed by atoms with Crippen molar-refractivity contribution >= 4 is 16.1 Å². The highest BCUT2D eigenvalue weighted by molar-refractivity contribution is 7.86. The van der Waals surface area contributed by atoms with Crippen molar-refractivity contribution in [3.05, 3.63) is 77.9 Å². The molecule has 3 rings (SSSR count). The van der Waals surface area contributed by atoms with Gasteiger partial charge >= 0.3 is 5.97 Å². The first-order valence-electron chi connectivity index (χ1n) is 8.44. The highest BCUT2D eigenvalue weighted by Gasteiger charge is 2.30. The van der Waals surface area contributed by atoms with Crippen LogP contribution < -0.4 is 0 Å². The van der Waals surface area contributed by atoms with Gasteiger partial charge in [0, 0.05) is 6.08 Å². The molecule has 0 amide bonds. The summed E-state index contributed by atoms with van der Waals surface area (Å²) in [5.41, 5.74) is 1.89. The van der Waals surface area contributed by atoms with Gasteiger partial charge in [-0.05, 0) is 30.7 Å². The molecule has 142 valence electrons. The molecule has 1 aliphatic rings. The van der Waals surface area contributed by atoms with Crippen LogP contribution in [0.1, 0.15) is 11.1 Å². The van der Waals surface area contributed by atoms with Gasteiger partial charge in [0.05, 0.1) is 11.5 Å². The highest BCUT2D eigenvalue weighted by Crippen LogP contribution is 2.19. The predicted molar refractivity (Wildman–Crippen MR) is 98.4 cm³/mol. The number of carbonyl (C=O) groups excluding carboxylic acids is 1. The van der Waals surface area contributed by atoms with Crippen LogP contribution in [0.3, 0.4) is 0 Å². The lowest BCUT2D eigenvalue weighted by Crippen LogP contribution is -2.39. The lowest BCUT2D eigenvalue weighted by atomic mass is 10.1. The van der Waals surface area contributed by atoms with Crippen molar-refractivity contribution in [1.29, 1.82) is 0 Å². The monoisotopic (exact) mass is 388 g/mol. The molecule has 0 saturated carbocycles. The Hall–Kier alpha value is -2.48. The summed E-state index contributed by atoms with van der Waals surface area (Å²) in [6.45, 7) is 1.83. The van der Waals surface area contributed by atoms with Crippen molar-refractivity contribution in [2.45, 2.75) is 30.6 Å². The van der Waals surface area contributed by atoms with Gasteiger partial charge in [-0.1, -0.05) is 48.0 Å². The van der Waals surface area contributed by atoms with Gasteiger partial charge in [-0.15, -0.1) is 0 Å². The Kier molecular flexibility index (Phi) is 6.05. The maximum atomic E-state index is 12.3. The largest absolute Gasteiger partial charge is 0.454 e. The molecule has 2 aromatic rings. The number of hydrogen-bond acceptors (Lipinski definition) is 6. The van der Waals surface area contributed by atoms with Crippen LogP contribution in [0.25, 0.3) is 0 Å². The smallest absolute Gasteiger partial charge is 0.330 e. The molecule has 1 heterocycles. The molecular weight excluding hydrogens is 368 g/mol. The number of cyclic esters (lactones) is 1. The van der Waals surface area contributed by atoms with Gasteiger partial charge < -0.3 is 9.47 Å². The van der Waals surface area contributed by atoms with Crippen molar-refractivity contribution in [3.63, 3.8) is 0 Å². The second-order valence-corrected chi connectivity index (χ2v) is 7.76. The van der Waals surface area contributed by atoms with E-state index in [1.807, 2.05) is 37.3 Å². The molecule has 27 heavy (non-hydrogen) atoms. The number of esters is 1. The van der Waals surface area contributed by atoms with Crippen LogP contribution in [-0.2, 0) is 35.2 Å². The quantitative estimate of drug-likeness (QED) is 0.536. The number of rotatable bonds is 7. The zero-order chi connectivity index (χ0) is 19.3. The first-order chi connectivity index (χ1) is 12.9. The molecule has 2 atom stereocenters. The third-order valence-electron chi connectivity index (χ3n) is 4.04. The van der Waals surface area contributed by atoms with Gasteiger partial charge in [0.2, 0.25) is 0 Å². The Morgan fingerprint density at radius 2 is 1.74 bits per heavy atom. The molecule has 1 aliphatic heterocycles. The molecule has 0 bridgehead atoms. The summed E-state index contributed by atoms with van der Waals surface area (Å²) in [6, 6.07) is 15.8. The summed E-state index contributed by atoms with van der Waals surface area (Å²) in [5.74, 6) is -0.559. The SMILES string of the molecule is Cc1ccc(S(=O)(=O)OC[C@H]2OC(=O)C=C[C@H]2OCc2ccccc2)cc1. The fraction of sp³-hybridized carbons (Fsp3) is 0.250.